The summed E-state index contributed by atoms with van der Waals surface area (Å²) in [6.45, 7) is 2.20. The van der Waals surface area contributed by atoms with Gasteiger partial charge in [0.1, 0.15) is 16.5 Å². The predicted molar refractivity (Wildman–Crippen MR) is 78.9 cm³/mol. The average Bonchev–Trinajstić information content (AvgIpc) is 2.38. The first kappa shape index (κ1) is 15.4. The summed E-state index contributed by atoms with van der Waals surface area (Å²) in [7, 11) is -2.27. The quantitative estimate of drug-likeness (QED) is 0.887. The van der Waals surface area contributed by atoms with Crippen LogP contribution >= 0.6 is 0 Å². The van der Waals surface area contributed by atoms with Gasteiger partial charge in [0.25, 0.3) is 10.0 Å². The number of sulfonamides is 1. The van der Waals surface area contributed by atoms with Crippen LogP contribution in [0.1, 0.15) is 11.3 Å². The molecular weight excluding hydrogens is 293 g/mol. The monoisotopic (exact) mass is 309 g/mol. The molecule has 0 spiro atoms. The van der Waals surface area contributed by atoms with E-state index < -0.39 is 20.7 Å². The van der Waals surface area contributed by atoms with Crippen molar-refractivity contribution in [3.8, 4) is 0 Å². The fourth-order valence-corrected chi connectivity index (χ4v) is 2.93. The number of aryl methyl sites for hydroxylation is 1. The van der Waals surface area contributed by atoms with Gasteiger partial charge in [0.05, 0.1) is 0 Å². The van der Waals surface area contributed by atoms with Crippen LogP contribution in [0.15, 0.2) is 41.3 Å². The van der Waals surface area contributed by atoms with Gasteiger partial charge in [-0.1, -0.05) is 12.1 Å². The molecule has 2 rings (SSSR count). The van der Waals surface area contributed by atoms with Gasteiger partial charge in [-0.3, -0.25) is 4.72 Å². The molecule has 21 heavy (non-hydrogen) atoms. The summed E-state index contributed by atoms with van der Waals surface area (Å²) < 4.78 is 40.6. The first-order valence-corrected chi connectivity index (χ1v) is 7.80. The maximum absolute atomic E-state index is 14.0. The van der Waals surface area contributed by atoms with Crippen LogP contribution in [0.4, 0.5) is 10.2 Å². The Morgan fingerprint density at radius 1 is 1.24 bits per heavy atom. The molecule has 0 aliphatic rings. The molecule has 2 N–H and O–H groups in total. The fraction of sp³-hybridized carbons (Fsp3) is 0.214. The number of rotatable bonds is 5. The number of pyridine rings is 1. The Bertz CT molecular complexity index is 748. The first-order valence-electron chi connectivity index (χ1n) is 6.32. The topological polar surface area (TPSA) is 71.1 Å². The Balaban J connectivity index is 2.31. The van der Waals surface area contributed by atoms with Gasteiger partial charge in [0.15, 0.2) is 0 Å². The maximum atomic E-state index is 14.0. The molecule has 0 fully saturated rings. The van der Waals surface area contributed by atoms with Crippen molar-refractivity contribution in [2.75, 3.05) is 11.8 Å². The lowest BCUT2D eigenvalue weighted by atomic mass is 10.2. The molecule has 112 valence electrons. The molecule has 2 aromatic rings. The summed E-state index contributed by atoms with van der Waals surface area (Å²) in [6, 6.07) is 8.95. The van der Waals surface area contributed by atoms with Crippen molar-refractivity contribution in [1.82, 2.24) is 10.3 Å². The second-order valence-corrected chi connectivity index (χ2v) is 6.22. The van der Waals surface area contributed by atoms with Crippen molar-refractivity contribution >= 4 is 15.8 Å². The molecule has 7 heteroatoms. The Labute approximate surface area is 123 Å². The predicted octanol–water partition coefficient (Wildman–Crippen LogP) is 2.05. The van der Waals surface area contributed by atoms with E-state index in [-0.39, 0.29) is 5.82 Å². The summed E-state index contributed by atoms with van der Waals surface area (Å²) >= 11 is 0. The van der Waals surface area contributed by atoms with E-state index in [1.165, 1.54) is 18.2 Å². The van der Waals surface area contributed by atoms with E-state index >= 15 is 0 Å². The van der Waals surface area contributed by atoms with Crippen LogP contribution in [0.3, 0.4) is 0 Å². The number of nitrogens with one attached hydrogen (secondary N) is 2. The normalized spacial score (nSPS) is 11.4. The summed E-state index contributed by atoms with van der Waals surface area (Å²) in [5.74, 6) is -0.628. The number of hydrogen-bond donors (Lipinski definition) is 2. The van der Waals surface area contributed by atoms with Crippen molar-refractivity contribution in [3.63, 3.8) is 0 Å². The number of benzene rings is 1. The van der Waals surface area contributed by atoms with Crippen LogP contribution in [0.2, 0.25) is 0 Å². The smallest absolute Gasteiger partial charge is 0.265 e. The fourth-order valence-electron chi connectivity index (χ4n) is 1.87. The second kappa shape index (κ2) is 6.19. The number of aromatic nitrogens is 1. The van der Waals surface area contributed by atoms with E-state index in [0.717, 1.165) is 0 Å². The summed E-state index contributed by atoms with van der Waals surface area (Å²) in [4.78, 5) is 3.64. The Morgan fingerprint density at radius 3 is 2.62 bits per heavy atom. The standard InChI is InChI=1S/C14H16FN3O2S/c1-10-4-3-5-14(17-10)18-21(19,20)13-7-6-11(9-16-2)8-12(13)15/h3-8,16H,9H2,1-2H3,(H,17,18). The minimum Gasteiger partial charge on any atom is -0.316 e. The third kappa shape index (κ3) is 3.77. The largest absolute Gasteiger partial charge is 0.316 e. The van der Waals surface area contributed by atoms with Crippen molar-refractivity contribution in [3.05, 3.63) is 53.5 Å². The van der Waals surface area contributed by atoms with E-state index in [0.29, 0.717) is 17.8 Å². The van der Waals surface area contributed by atoms with Crippen molar-refractivity contribution < 1.29 is 12.8 Å². The van der Waals surface area contributed by atoms with Crippen LogP contribution in [0, 0.1) is 12.7 Å². The Kier molecular flexibility index (Phi) is 4.54. The molecule has 5 nitrogen and oxygen atoms in total. The molecule has 1 aromatic carbocycles. The van der Waals surface area contributed by atoms with Gasteiger partial charge in [-0.05, 0) is 43.8 Å². The molecule has 0 unspecified atom stereocenters. The first-order chi connectivity index (χ1) is 9.92. The lowest BCUT2D eigenvalue weighted by molar-refractivity contribution is 0.568. The number of hydrogen-bond acceptors (Lipinski definition) is 4. The van der Waals surface area contributed by atoms with Gasteiger partial charge < -0.3 is 5.32 Å². The molecule has 1 aromatic heterocycles. The lowest BCUT2D eigenvalue weighted by Gasteiger charge is -2.09. The minimum atomic E-state index is -4.00. The van der Waals surface area contributed by atoms with Gasteiger partial charge in [-0.2, -0.15) is 0 Å². The highest BCUT2D eigenvalue weighted by molar-refractivity contribution is 7.92. The minimum absolute atomic E-state index is 0.161. The zero-order valence-corrected chi connectivity index (χ0v) is 12.5. The van der Waals surface area contributed by atoms with Gasteiger partial charge in [0.2, 0.25) is 0 Å². The van der Waals surface area contributed by atoms with Gasteiger partial charge in [-0.15, -0.1) is 0 Å². The molecule has 0 saturated carbocycles. The van der Waals surface area contributed by atoms with Gasteiger partial charge >= 0.3 is 0 Å². The number of anilines is 1. The number of nitrogens with zero attached hydrogens (tertiary/aromatic N) is 1. The van der Waals surface area contributed by atoms with Crippen molar-refractivity contribution in [1.29, 1.82) is 0 Å². The Hall–Kier alpha value is -1.99. The summed E-state index contributed by atoms with van der Waals surface area (Å²) in [5, 5.41) is 2.87. The van der Waals surface area contributed by atoms with Crippen LogP contribution in [0.5, 0.6) is 0 Å². The third-order valence-corrected chi connectivity index (χ3v) is 4.18. The zero-order valence-electron chi connectivity index (χ0n) is 11.7. The van der Waals surface area contributed by atoms with E-state index in [2.05, 4.69) is 15.0 Å². The molecule has 0 aliphatic heterocycles. The molecule has 0 radical (unpaired) electrons. The Morgan fingerprint density at radius 2 is 2.00 bits per heavy atom. The zero-order chi connectivity index (χ0) is 15.5. The highest BCUT2D eigenvalue weighted by atomic mass is 32.2. The maximum Gasteiger partial charge on any atom is 0.265 e. The molecular formula is C14H16FN3O2S. The SMILES string of the molecule is CNCc1ccc(S(=O)(=O)Nc2cccc(C)n2)c(F)c1. The lowest BCUT2D eigenvalue weighted by Crippen LogP contribution is -2.16. The molecule has 0 amide bonds. The van der Waals surface area contributed by atoms with E-state index in [9.17, 15) is 12.8 Å². The van der Waals surface area contributed by atoms with Crippen LogP contribution in [0.25, 0.3) is 0 Å². The molecule has 1 heterocycles. The van der Waals surface area contributed by atoms with E-state index in [1.807, 2.05) is 0 Å². The van der Waals surface area contributed by atoms with Crippen LogP contribution < -0.4 is 10.0 Å². The van der Waals surface area contributed by atoms with Crippen LogP contribution in [-0.2, 0) is 16.6 Å². The molecule has 0 bridgehead atoms. The van der Waals surface area contributed by atoms with Gasteiger partial charge in [0, 0.05) is 12.2 Å². The second-order valence-electron chi connectivity index (χ2n) is 4.56. The van der Waals surface area contributed by atoms with Crippen LogP contribution in [-0.4, -0.2) is 20.4 Å². The average molecular weight is 309 g/mol. The third-order valence-electron chi connectivity index (χ3n) is 2.79. The summed E-state index contributed by atoms with van der Waals surface area (Å²) in [5.41, 5.74) is 1.34. The van der Waals surface area contributed by atoms with E-state index in [4.69, 9.17) is 0 Å². The molecule has 0 saturated heterocycles. The number of halogens is 1. The molecule has 0 aliphatic carbocycles. The summed E-state index contributed by atoms with van der Waals surface area (Å²) in [6.07, 6.45) is 0. The van der Waals surface area contributed by atoms with E-state index in [1.54, 1.807) is 32.2 Å². The highest BCUT2D eigenvalue weighted by Crippen LogP contribution is 2.19. The van der Waals surface area contributed by atoms with Crippen molar-refractivity contribution in [2.24, 2.45) is 0 Å². The highest BCUT2D eigenvalue weighted by Gasteiger charge is 2.19. The van der Waals surface area contributed by atoms with Crippen molar-refractivity contribution in [2.45, 2.75) is 18.4 Å². The van der Waals surface area contributed by atoms with Gasteiger partial charge in [-0.25, -0.2) is 17.8 Å². The molecule has 0 atom stereocenters.